The van der Waals surface area contributed by atoms with Crippen molar-refractivity contribution in [3.8, 4) is 0 Å². The molecule has 2 aromatic carbocycles. The van der Waals surface area contributed by atoms with Crippen LogP contribution in [0.25, 0.3) is 21.9 Å². The molecule has 0 radical (unpaired) electrons. The molecule has 2 N–H and O–H groups in total. The van der Waals surface area contributed by atoms with Gasteiger partial charge in [0, 0.05) is 0 Å². The van der Waals surface area contributed by atoms with E-state index in [1.165, 1.54) is 0 Å². The summed E-state index contributed by atoms with van der Waals surface area (Å²) in [6.45, 7) is 0. The smallest absolute Gasteiger partial charge is 0.200 e. The summed E-state index contributed by atoms with van der Waals surface area (Å²) >= 11 is 0. The normalized spacial score (nSPS) is 10.2. The molecule has 3 aromatic rings. The second-order valence-corrected chi connectivity index (χ2v) is 3.42. The van der Waals surface area contributed by atoms with Gasteiger partial charge in [-0.25, -0.2) is 0 Å². The highest BCUT2D eigenvalue weighted by molar-refractivity contribution is 5.89. The van der Waals surface area contributed by atoms with Crippen LogP contribution < -0.4 is 5.43 Å². The maximum Gasteiger partial charge on any atom is 0.200 e. The Morgan fingerprint density at radius 2 is 1.19 bits per heavy atom. The van der Waals surface area contributed by atoms with Crippen LogP contribution in [0.2, 0.25) is 0 Å². The molecule has 0 aliphatic rings. The Hall–Kier alpha value is -2.13. The molecule has 0 unspecified atom stereocenters. The lowest BCUT2D eigenvalue weighted by molar-refractivity contribution is 0.660. The Balaban J connectivity index is 0.000000963. The fourth-order valence-corrected chi connectivity index (χ4v) is 1.75. The molecule has 1 heterocycles. The molecule has 3 rings (SSSR count). The monoisotopic (exact) mass is 214 g/mol. The van der Waals surface area contributed by atoms with Crippen molar-refractivity contribution in [2.45, 2.75) is 0 Å². The van der Waals surface area contributed by atoms with Crippen molar-refractivity contribution in [3.05, 3.63) is 58.8 Å². The van der Waals surface area contributed by atoms with E-state index >= 15 is 0 Å². The molecule has 80 valence electrons. The summed E-state index contributed by atoms with van der Waals surface area (Å²) < 4.78 is 5.63. The molecule has 0 spiro atoms. The van der Waals surface area contributed by atoms with E-state index in [1.54, 1.807) is 12.1 Å². The Kier molecular flexibility index (Phi) is 2.46. The molecular weight excluding hydrogens is 204 g/mol. The van der Waals surface area contributed by atoms with Gasteiger partial charge >= 0.3 is 0 Å². The summed E-state index contributed by atoms with van der Waals surface area (Å²) in [5, 5.41) is 1.27. The van der Waals surface area contributed by atoms with Crippen molar-refractivity contribution in [3.63, 3.8) is 0 Å². The van der Waals surface area contributed by atoms with Crippen molar-refractivity contribution in [2.24, 2.45) is 0 Å². The van der Waals surface area contributed by atoms with E-state index < -0.39 is 0 Å². The predicted octanol–water partition coefficient (Wildman–Crippen LogP) is 2.12. The molecule has 0 bridgehead atoms. The Labute approximate surface area is 91.2 Å². The van der Waals surface area contributed by atoms with Crippen molar-refractivity contribution in [1.29, 1.82) is 0 Å². The topological polar surface area (TPSA) is 61.7 Å². The average molecular weight is 214 g/mol. The SMILES string of the molecule is O.O=c1c2ccccc2oc2ccccc12. The van der Waals surface area contributed by atoms with Gasteiger partial charge in [-0.1, -0.05) is 24.3 Å². The van der Waals surface area contributed by atoms with Gasteiger partial charge in [0.05, 0.1) is 10.8 Å². The Morgan fingerprint density at radius 3 is 1.69 bits per heavy atom. The van der Waals surface area contributed by atoms with Crippen LogP contribution in [0.3, 0.4) is 0 Å². The first-order valence-corrected chi connectivity index (χ1v) is 4.77. The van der Waals surface area contributed by atoms with Crippen LogP contribution in [0, 0.1) is 0 Å². The number of fused-ring (bicyclic) bond motifs is 2. The zero-order valence-electron chi connectivity index (χ0n) is 8.44. The minimum absolute atomic E-state index is 0. The molecule has 0 amide bonds. The molecular formula is C13H10O3. The van der Waals surface area contributed by atoms with Crippen molar-refractivity contribution < 1.29 is 9.89 Å². The van der Waals surface area contributed by atoms with Gasteiger partial charge in [-0.2, -0.15) is 0 Å². The van der Waals surface area contributed by atoms with E-state index in [9.17, 15) is 4.79 Å². The minimum atomic E-state index is 0. The van der Waals surface area contributed by atoms with E-state index in [4.69, 9.17) is 4.42 Å². The molecule has 0 aliphatic carbocycles. The first-order valence-electron chi connectivity index (χ1n) is 4.77. The first kappa shape index (κ1) is 10.4. The zero-order valence-corrected chi connectivity index (χ0v) is 8.44. The first-order chi connectivity index (χ1) is 7.36. The highest BCUT2D eigenvalue weighted by Crippen LogP contribution is 2.17. The standard InChI is InChI=1S/C13H8O2.H2O/c14-13-9-5-1-3-7-11(9)15-12-8-4-2-6-10(12)13;/h1-8H;1H2. The molecule has 0 saturated heterocycles. The highest BCUT2D eigenvalue weighted by Gasteiger charge is 2.04. The van der Waals surface area contributed by atoms with Crippen molar-refractivity contribution in [2.75, 3.05) is 0 Å². The van der Waals surface area contributed by atoms with Crippen LogP contribution in [-0.4, -0.2) is 5.48 Å². The third-order valence-electron chi connectivity index (χ3n) is 2.48. The van der Waals surface area contributed by atoms with Gasteiger partial charge in [0.15, 0.2) is 0 Å². The van der Waals surface area contributed by atoms with E-state index in [1.807, 2.05) is 36.4 Å². The minimum Gasteiger partial charge on any atom is -0.456 e. The Morgan fingerprint density at radius 1 is 0.750 bits per heavy atom. The number of hydrogen-bond donors (Lipinski definition) is 0. The fraction of sp³-hybridized carbons (Fsp3) is 0. The number of rotatable bonds is 0. The number of hydrogen-bond acceptors (Lipinski definition) is 2. The quantitative estimate of drug-likeness (QED) is 0.538. The molecule has 16 heavy (non-hydrogen) atoms. The maximum atomic E-state index is 12.0. The second kappa shape index (κ2) is 3.79. The average Bonchev–Trinajstić information content (AvgIpc) is 2.30. The van der Waals surface area contributed by atoms with E-state index in [0.717, 1.165) is 0 Å². The number of para-hydroxylation sites is 2. The lowest BCUT2D eigenvalue weighted by Crippen LogP contribution is -2.01. The molecule has 0 fully saturated rings. The van der Waals surface area contributed by atoms with Gasteiger partial charge < -0.3 is 9.89 Å². The van der Waals surface area contributed by atoms with Crippen LogP contribution in [0.15, 0.2) is 57.7 Å². The predicted molar refractivity (Wildman–Crippen MR) is 63.6 cm³/mol. The summed E-state index contributed by atoms with van der Waals surface area (Å²) in [6.07, 6.45) is 0. The number of benzene rings is 2. The summed E-state index contributed by atoms with van der Waals surface area (Å²) in [6, 6.07) is 14.6. The lowest BCUT2D eigenvalue weighted by Gasteiger charge is -1.99. The van der Waals surface area contributed by atoms with Crippen LogP contribution in [0.4, 0.5) is 0 Å². The largest absolute Gasteiger partial charge is 0.456 e. The van der Waals surface area contributed by atoms with Crippen LogP contribution in [-0.2, 0) is 0 Å². The van der Waals surface area contributed by atoms with E-state index in [2.05, 4.69) is 0 Å². The van der Waals surface area contributed by atoms with E-state index in [-0.39, 0.29) is 10.9 Å². The molecule has 0 saturated carbocycles. The van der Waals surface area contributed by atoms with Gasteiger partial charge in [0.2, 0.25) is 5.43 Å². The molecule has 0 aliphatic heterocycles. The Bertz CT molecular complexity index is 641. The second-order valence-electron chi connectivity index (χ2n) is 3.42. The maximum absolute atomic E-state index is 12.0. The summed E-state index contributed by atoms with van der Waals surface area (Å²) in [7, 11) is 0. The van der Waals surface area contributed by atoms with Crippen LogP contribution >= 0.6 is 0 Å². The van der Waals surface area contributed by atoms with Crippen LogP contribution in [0.5, 0.6) is 0 Å². The summed E-state index contributed by atoms with van der Waals surface area (Å²) in [4.78, 5) is 12.0. The van der Waals surface area contributed by atoms with Gasteiger partial charge in [-0.05, 0) is 24.3 Å². The highest BCUT2D eigenvalue weighted by atomic mass is 16.3. The third kappa shape index (κ3) is 1.38. The van der Waals surface area contributed by atoms with E-state index in [0.29, 0.717) is 21.9 Å². The van der Waals surface area contributed by atoms with Gasteiger partial charge in [-0.15, -0.1) is 0 Å². The van der Waals surface area contributed by atoms with Gasteiger partial charge in [-0.3, -0.25) is 4.79 Å². The summed E-state index contributed by atoms with van der Waals surface area (Å²) in [5.41, 5.74) is 1.31. The molecule has 0 atom stereocenters. The van der Waals surface area contributed by atoms with Crippen LogP contribution in [0.1, 0.15) is 0 Å². The third-order valence-corrected chi connectivity index (χ3v) is 2.48. The van der Waals surface area contributed by atoms with Gasteiger partial charge in [0.1, 0.15) is 11.2 Å². The molecule has 1 aromatic heterocycles. The van der Waals surface area contributed by atoms with Crippen molar-refractivity contribution >= 4 is 21.9 Å². The van der Waals surface area contributed by atoms with Crippen molar-refractivity contribution in [1.82, 2.24) is 0 Å². The molecule has 3 heteroatoms. The zero-order chi connectivity index (χ0) is 10.3. The fourth-order valence-electron chi connectivity index (χ4n) is 1.75. The van der Waals surface area contributed by atoms with Gasteiger partial charge in [0.25, 0.3) is 0 Å². The molecule has 3 nitrogen and oxygen atoms in total. The lowest BCUT2D eigenvalue weighted by atomic mass is 10.1. The summed E-state index contributed by atoms with van der Waals surface area (Å²) in [5.74, 6) is 0.